The number of carbonyl (C=O) groups excluding carboxylic acids is 2. The van der Waals surface area contributed by atoms with Crippen LogP contribution in [0.1, 0.15) is 34.5 Å². The van der Waals surface area contributed by atoms with Crippen molar-refractivity contribution in [1.29, 1.82) is 0 Å². The Morgan fingerprint density at radius 1 is 1.06 bits per heavy atom. The van der Waals surface area contributed by atoms with Crippen LogP contribution in [0.25, 0.3) is 6.08 Å². The highest BCUT2D eigenvalue weighted by Crippen LogP contribution is 2.30. The summed E-state index contributed by atoms with van der Waals surface area (Å²) in [5, 5.41) is 0.518. The largest absolute Gasteiger partial charge is 0.466 e. The number of nitrogens with zero attached hydrogens (tertiary/aromatic N) is 2. The van der Waals surface area contributed by atoms with Gasteiger partial charge in [-0.15, -0.1) is 0 Å². The lowest BCUT2D eigenvalue weighted by atomic mass is 9.95. The Bertz CT molecular complexity index is 1470. The highest BCUT2D eigenvalue weighted by atomic mass is 35.5. The zero-order valence-corrected chi connectivity index (χ0v) is 19.6. The molecule has 9 heteroatoms. The van der Waals surface area contributed by atoms with Crippen molar-refractivity contribution in [3.63, 3.8) is 0 Å². The van der Waals surface area contributed by atoms with Gasteiger partial charge in [0.05, 0.1) is 41.6 Å². The topological polar surface area (TPSA) is 87.0 Å². The van der Waals surface area contributed by atoms with Crippen molar-refractivity contribution >= 4 is 41.0 Å². The van der Waals surface area contributed by atoms with Crippen molar-refractivity contribution in [2.75, 3.05) is 14.2 Å². The average molecular weight is 483 g/mol. The molecular formula is C24H19ClN2O5S. The minimum absolute atomic E-state index is 0.250. The van der Waals surface area contributed by atoms with Gasteiger partial charge in [-0.1, -0.05) is 53.3 Å². The van der Waals surface area contributed by atoms with Gasteiger partial charge < -0.3 is 9.47 Å². The third kappa shape index (κ3) is 4.15. The number of methoxy groups -OCH3 is 2. The van der Waals surface area contributed by atoms with Gasteiger partial charge in [-0.05, 0) is 42.3 Å². The minimum atomic E-state index is -0.770. The van der Waals surface area contributed by atoms with Gasteiger partial charge in [0.15, 0.2) is 4.80 Å². The molecule has 0 N–H and O–H groups in total. The van der Waals surface area contributed by atoms with Gasteiger partial charge in [-0.3, -0.25) is 9.36 Å². The number of ether oxygens (including phenoxy) is 2. The molecule has 0 fully saturated rings. The number of aromatic nitrogens is 1. The van der Waals surface area contributed by atoms with Crippen LogP contribution in [0.15, 0.2) is 69.6 Å². The van der Waals surface area contributed by atoms with Crippen molar-refractivity contribution in [3.8, 4) is 0 Å². The summed E-state index contributed by atoms with van der Waals surface area (Å²) < 4.78 is 11.7. The fourth-order valence-corrected chi connectivity index (χ4v) is 4.89. The lowest BCUT2D eigenvalue weighted by Crippen LogP contribution is -2.39. The molecule has 168 valence electrons. The van der Waals surface area contributed by atoms with Gasteiger partial charge in [0.1, 0.15) is 0 Å². The molecule has 1 unspecified atom stereocenters. The molecule has 4 rings (SSSR count). The molecule has 1 aromatic heterocycles. The zero-order valence-electron chi connectivity index (χ0n) is 18.0. The maximum Gasteiger partial charge on any atom is 0.338 e. The molecular weight excluding hydrogens is 464 g/mol. The van der Waals surface area contributed by atoms with Gasteiger partial charge >= 0.3 is 11.9 Å². The first-order chi connectivity index (χ1) is 15.8. The number of esters is 2. The molecule has 0 aliphatic carbocycles. The van der Waals surface area contributed by atoms with Crippen LogP contribution in [0.3, 0.4) is 0 Å². The Morgan fingerprint density at radius 2 is 1.73 bits per heavy atom. The standard InChI is InChI=1S/C24H19ClN2O5S/c1-13-19(23(30)32-3)20(14-8-10-15(11-9-14)22(29)31-2)27-21(28)18(33-24(27)26-13)12-16-6-4-5-7-17(16)25/h4-12,20H,1-3H3/b18-12-. The van der Waals surface area contributed by atoms with Crippen molar-refractivity contribution < 1.29 is 19.1 Å². The van der Waals surface area contributed by atoms with E-state index in [4.69, 9.17) is 21.1 Å². The summed E-state index contributed by atoms with van der Waals surface area (Å²) in [4.78, 5) is 43.0. The van der Waals surface area contributed by atoms with Crippen LogP contribution in [0, 0.1) is 0 Å². The molecule has 0 radical (unpaired) electrons. The molecule has 2 heterocycles. The second-order valence-electron chi connectivity index (χ2n) is 7.21. The number of carbonyl (C=O) groups is 2. The van der Waals surface area contributed by atoms with E-state index in [1.54, 1.807) is 43.3 Å². The predicted molar refractivity (Wildman–Crippen MR) is 125 cm³/mol. The van der Waals surface area contributed by atoms with Gasteiger partial charge in [0, 0.05) is 5.02 Å². The van der Waals surface area contributed by atoms with Crippen LogP contribution >= 0.6 is 22.9 Å². The van der Waals surface area contributed by atoms with Gasteiger partial charge in [0.25, 0.3) is 5.56 Å². The van der Waals surface area contributed by atoms with E-state index in [0.717, 1.165) is 0 Å². The Kier molecular flexibility index (Phi) is 6.31. The Morgan fingerprint density at radius 3 is 2.36 bits per heavy atom. The van der Waals surface area contributed by atoms with Gasteiger partial charge in [-0.2, -0.15) is 0 Å². The SMILES string of the molecule is COC(=O)C1=C(C)N=c2s/c(=C\c3ccccc3Cl)c(=O)n2C1c1ccc(C(=O)OC)cc1. The quantitative estimate of drug-likeness (QED) is 0.534. The monoisotopic (exact) mass is 482 g/mol. The van der Waals surface area contributed by atoms with Crippen LogP contribution < -0.4 is 14.9 Å². The van der Waals surface area contributed by atoms with Crippen LogP contribution in [0.4, 0.5) is 0 Å². The fourth-order valence-electron chi connectivity index (χ4n) is 3.66. The van der Waals surface area contributed by atoms with Gasteiger partial charge in [0.2, 0.25) is 0 Å². The number of fused-ring (bicyclic) bond motifs is 1. The summed E-state index contributed by atoms with van der Waals surface area (Å²) >= 11 is 7.48. The number of hydrogen-bond donors (Lipinski definition) is 0. The number of allylic oxidation sites excluding steroid dienone is 1. The van der Waals surface area contributed by atoms with E-state index >= 15 is 0 Å². The van der Waals surface area contributed by atoms with Crippen LogP contribution in [-0.4, -0.2) is 30.7 Å². The summed E-state index contributed by atoms with van der Waals surface area (Å²) in [5.41, 5.74) is 2.08. The van der Waals surface area contributed by atoms with Crippen molar-refractivity contribution in [2.45, 2.75) is 13.0 Å². The first kappa shape index (κ1) is 22.7. The summed E-state index contributed by atoms with van der Waals surface area (Å²) in [7, 11) is 2.58. The fraction of sp³-hybridized carbons (Fsp3) is 0.167. The lowest BCUT2D eigenvalue weighted by molar-refractivity contribution is -0.136. The molecule has 3 aromatic rings. The van der Waals surface area contributed by atoms with E-state index in [1.807, 2.05) is 18.2 Å². The second-order valence-corrected chi connectivity index (χ2v) is 8.62. The van der Waals surface area contributed by atoms with Gasteiger partial charge in [-0.25, -0.2) is 14.6 Å². The number of hydrogen-bond acceptors (Lipinski definition) is 7. The first-order valence-electron chi connectivity index (χ1n) is 9.89. The molecule has 1 aliphatic rings. The molecule has 0 bridgehead atoms. The Labute approximate surface area is 197 Å². The van der Waals surface area contributed by atoms with E-state index in [-0.39, 0.29) is 11.1 Å². The third-order valence-electron chi connectivity index (χ3n) is 5.27. The summed E-state index contributed by atoms with van der Waals surface area (Å²) in [5.74, 6) is -1.07. The number of halogens is 1. The van der Waals surface area contributed by atoms with Crippen molar-refractivity contribution in [1.82, 2.24) is 4.57 Å². The Balaban J connectivity index is 1.95. The summed E-state index contributed by atoms with van der Waals surface area (Å²) in [6, 6.07) is 13.0. The zero-order chi connectivity index (χ0) is 23.7. The normalized spacial score (nSPS) is 15.6. The van der Waals surface area contributed by atoms with E-state index in [2.05, 4.69) is 4.99 Å². The molecule has 2 aromatic carbocycles. The van der Waals surface area contributed by atoms with Crippen LogP contribution in [0.5, 0.6) is 0 Å². The molecule has 0 saturated heterocycles. The van der Waals surface area contributed by atoms with E-state index < -0.39 is 18.0 Å². The van der Waals surface area contributed by atoms with Crippen molar-refractivity contribution in [3.05, 3.63) is 101 Å². The summed E-state index contributed by atoms with van der Waals surface area (Å²) in [6.45, 7) is 1.70. The minimum Gasteiger partial charge on any atom is -0.466 e. The number of thiazole rings is 1. The average Bonchev–Trinajstić information content (AvgIpc) is 3.13. The molecule has 1 aliphatic heterocycles. The van der Waals surface area contributed by atoms with Crippen LogP contribution in [0.2, 0.25) is 5.02 Å². The van der Waals surface area contributed by atoms with Crippen LogP contribution in [-0.2, 0) is 14.3 Å². The molecule has 0 spiro atoms. The molecule has 1 atom stereocenters. The maximum atomic E-state index is 13.5. The third-order valence-corrected chi connectivity index (χ3v) is 6.59. The number of rotatable bonds is 4. The van der Waals surface area contributed by atoms with E-state index in [9.17, 15) is 14.4 Å². The van der Waals surface area contributed by atoms with Crippen molar-refractivity contribution in [2.24, 2.45) is 4.99 Å². The highest BCUT2D eigenvalue weighted by Gasteiger charge is 2.33. The molecule has 0 saturated carbocycles. The molecule has 33 heavy (non-hydrogen) atoms. The lowest BCUT2D eigenvalue weighted by Gasteiger charge is -2.24. The van der Waals surface area contributed by atoms with E-state index in [0.29, 0.717) is 36.7 Å². The number of benzene rings is 2. The smallest absolute Gasteiger partial charge is 0.338 e. The van der Waals surface area contributed by atoms with E-state index in [1.165, 1.54) is 30.1 Å². The molecule has 7 nitrogen and oxygen atoms in total. The summed E-state index contributed by atoms with van der Waals surface area (Å²) in [6.07, 6.45) is 1.71. The second kappa shape index (κ2) is 9.17. The predicted octanol–water partition coefficient (Wildman–Crippen LogP) is 2.85. The maximum absolute atomic E-state index is 13.5. The molecule has 0 amide bonds. The highest BCUT2D eigenvalue weighted by molar-refractivity contribution is 7.07. The first-order valence-corrected chi connectivity index (χ1v) is 11.1. The Hall–Kier alpha value is -3.49.